The Morgan fingerprint density at radius 1 is 1.12 bits per heavy atom. The lowest BCUT2D eigenvalue weighted by Gasteiger charge is -2.15. The lowest BCUT2D eigenvalue weighted by molar-refractivity contribution is 0.262. The van der Waals surface area contributed by atoms with Crippen LogP contribution in [0.4, 0.5) is 0 Å². The van der Waals surface area contributed by atoms with Gasteiger partial charge in [-0.1, -0.05) is 18.2 Å². The fourth-order valence-corrected chi connectivity index (χ4v) is 1.51. The Morgan fingerprint density at radius 3 is 2.50 bits per heavy atom. The summed E-state index contributed by atoms with van der Waals surface area (Å²) in [6, 6.07) is 9.94. The van der Waals surface area contributed by atoms with Crippen molar-refractivity contribution in [3.63, 3.8) is 0 Å². The first-order valence-electron chi connectivity index (χ1n) is 5.89. The van der Waals surface area contributed by atoms with Crippen LogP contribution in [0.1, 0.15) is 12.8 Å². The van der Waals surface area contributed by atoms with E-state index in [1.165, 1.54) is 0 Å². The SMILES string of the molecule is CN(CCCN)CCCOc1ccccc1. The number of para-hydroxylation sites is 1. The third kappa shape index (κ3) is 5.73. The smallest absolute Gasteiger partial charge is 0.119 e. The minimum Gasteiger partial charge on any atom is -0.494 e. The van der Waals surface area contributed by atoms with Gasteiger partial charge in [0.15, 0.2) is 0 Å². The second-order valence-corrected chi connectivity index (χ2v) is 3.96. The van der Waals surface area contributed by atoms with Crippen LogP contribution >= 0.6 is 0 Å². The maximum Gasteiger partial charge on any atom is 0.119 e. The van der Waals surface area contributed by atoms with E-state index in [1.807, 2.05) is 30.3 Å². The van der Waals surface area contributed by atoms with Crippen molar-refractivity contribution >= 4 is 0 Å². The molecule has 16 heavy (non-hydrogen) atoms. The molecule has 1 aromatic carbocycles. The summed E-state index contributed by atoms with van der Waals surface area (Å²) in [6.45, 7) is 3.68. The third-order valence-corrected chi connectivity index (χ3v) is 2.44. The second-order valence-electron chi connectivity index (χ2n) is 3.96. The molecular formula is C13H22N2O. The Hall–Kier alpha value is -1.06. The number of nitrogens with two attached hydrogens (primary N) is 1. The summed E-state index contributed by atoms with van der Waals surface area (Å²) in [6.07, 6.45) is 2.12. The molecule has 0 aliphatic heterocycles. The molecule has 0 fully saturated rings. The van der Waals surface area contributed by atoms with E-state index < -0.39 is 0 Å². The summed E-state index contributed by atoms with van der Waals surface area (Å²) >= 11 is 0. The van der Waals surface area contributed by atoms with Gasteiger partial charge in [0.05, 0.1) is 6.61 Å². The maximum atomic E-state index is 5.61. The lowest BCUT2D eigenvalue weighted by Crippen LogP contribution is -2.24. The van der Waals surface area contributed by atoms with Crippen LogP contribution in [-0.4, -0.2) is 38.2 Å². The van der Waals surface area contributed by atoms with Crippen molar-refractivity contribution in [2.45, 2.75) is 12.8 Å². The minimum atomic E-state index is 0.769. The van der Waals surface area contributed by atoms with Crippen molar-refractivity contribution in [2.75, 3.05) is 33.3 Å². The summed E-state index contributed by atoms with van der Waals surface area (Å²) in [7, 11) is 2.12. The molecule has 0 radical (unpaired) electrons. The molecule has 90 valence electrons. The number of benzene rings is 1. The van der Waals surface area contributed by atoms with Gasteiger partial charge in [-0.15, -0.1) is 0 Å². The molecule has 1 rings (SSSR count). The predicted molar refractivity (Wildman–Crippen MR) is 67.7 cm³/mol. The molecule has 0 aliphatic carbocycles. The highest BCUT2D eigenvalue weighted by atomic mass is 16.5. The molecule has 2 N–H and O–H groups in total. The van der Waals surface area contributed by atoms with Gasteiger partial charge in [0, 0.05) is 6.54 Å². The van der Waals surface area contributed by atoms with Gasteiger partial charge in [0.2, 0.25) is 0 Å². The standard InChI is InChI=1S/C13H22N2O/c1-15(10-5-9-14)11-6-12-16-13-7-3-2-4-8-13/h2-4,7-8H,5-6,9-12,14H2,1H3. The number of hydrogen-bond donors (Lipinski definition) is 1. The van der Waals surface area contributed by atoms with Gasteiger partial charge in [-0.05, 0) is 45.1 Å². The Balaban J connectivity index is 2.03. The van der Waals surface area contributed by atoms with Crippen LogP contribution in [0.5, 0.6) is 5.75 Å². The molecular weight excluding hydrogens is 200 g/mol. The number of hydrogen-bond acceptors (Lipinski definition) is 3. The molecule has 0 atom stereocenters. The fourth-order valence-electron chi connectivity index (χ4n) is 1.51. The lowest BCUT2D eigenvalue weighted by atomic mass is 10.3. The first kappa shape index (κ1) is 13.0. The van der Waals surface area contributed by atoms with Crippen molar-refractivity contribution in [2.24, 2.45) is 5.73 Å². The molecule has 0 saturated carbocycles. The highest BCUT2D eigenvalue weighted by Gasteiger charge is 1.97. The van der Waals surface area contributed by atoms with E-state index in [-0.39, 0.29) is 0 Å². The zero-order valence-corrected chi connectivity index (χ0v) is 10.1. The molecule has 0 bridgehead atoms. The van der Waals surface area contributed by atoms with Crippen LogP contribution in [0.25, 0.3) is 0 Å². The van der Waals surface area contributed by atoms with Crippen molar-refractivity contribution in [3.8, 4) is 5.75 Å². The number of nitrogens with zero attached hydrogens (tertiary/aromatic N) is 1. The average molecular weight is 222 g/mol. The third-order valence-electron chi connectivity index (χ3n) is 2.44. The van der Waals surface area contributed by atoms with Crippen LogP contribution in [-0.2, 0) is 0 Å². The summed E-state index contributed by atoms with van der Waals surface area (Å²) in [5, 5.41) is 0. The number of rotatable bonds is 8. The van der Waals surface area contributed by atoms with Gasteiger partial charge in [0.25, 0.3) is 0 Å². The first-order valence-corrected chi connectivity index (χ1v) is 5.89. The Bertz CT molecular complexity index is 264. The van der Waals surface area contributed by atoms with Crippen LogP contribution < -0.4 is 10.5 Å². The largest absolute Gasteiger partial charge is 0.494 e. The highest BCUT2D eigenvalue weighted by Crippen LogP contribution is 2.08. The second kappa shape index (κ2) is 8.13. The van der Waals surface area contributed by atoms with Crippen LogP contribution in [0.2, 0.25) is 0 Å². The van der Waals surface area contributed by atoms with Crippen LogP contribution in [0, 0.1) is 0 Å². The van der Waals surface area contributed by atoms with Crippen molar-refractivity contribution < 1.29 is 4.74 Å². The molecule has 3 heteroatoms. The molecule has 0 heterocycles. The Labute approximate surface area is 98.2 Å². The fraction of sp³-hybridized carbons (Fsp3) is 0.538. The maximum absolute atomic E-state index is 5.61. The van der Waals surface area contributed by atoms with Crippen molar-refractivity contribution in [1.82, 2.24) is 4.90 Å². The molecule has 0 amide bonds. The zero-order valence-electron chi connectivity index (χ0n) is 10.1. The molecule has 0 aliphatic rings. The monoisotopic (exact) mass is 222 g/mol. The molecule has 0 saturated heterocycles. The van der Waals surface area contributed by atoms with E-state index >= 15 is 0 Å². The summed E-state index contributed by atoms with van der Waals surface area (Å²) in [5.41, 5.74) is 5.46. The summed E-state index contributed by atoms with van der Waals surface area (Å²) < 4.78 is 5.61. The van der Waals surface area contributed by atoms with E-state index in [4.69, 9.17) is 10.5 Å². The quantitative estimate of drug-likeness (QED) is 0.681. The average Bonchev–Trinajstić information content (AvgIpc) is 2.33. The van der Waals surface area contributed by atoms with E-state index in [1.54, 1.807) is 0 Å². The zero-order chi connectivity index (χ0) is 11.6. The molecule has 0 aromatic heterocycles. The van der Waals surface area contributed by atoms with Crippen LogP contribution in [0.15, 0.2) is 30.3 Å². The number of ether oxygens (including phenoxy) is 1. The van der Waals surface area contributed by atoms with Gasteiger partial charge in [-0.25, -0.2) is 0 Å². The van der Waals surface area contributed by atoms with Gasteiger partial charge in [0.1, 0.15) is 5.75 Å². The van der Waals surface area contributed by atoms with E-state index in [2.05, 4.69) is 11.9 Å². The molecule has 0 unspecified atom stereocenters. The van der Waals surface area contributed by atoms with Crippen molar-refractivity contribution in [3.05, 3.63) is 30.3 Å². The summed E-state index contributed by atoms with van der Waals surface area (Å²) in [4.78, 5) is 2.29. The Kier molecular flexibility index (Phi) is 6.61. The topological polar surface area (TPSA) is 38.5 Å². The normalized spacial score (nSPS) is 10.7. The minimum absolute atomic E-state index is 0.769. The van der Waals surface area contributed by atoms with Crippen molar-refractivity contribution in [1.29, 1.82) is 0 Å². The summed E-state index contributed by atoms with van der Waals surface area (Å²) in [5.74, 6) is 0.951. The van der Waals surface area contributed by atoms with Crippen LogP contribution in [0.3, 0.4) is 0 Å². The Morgan fingerprint density at radius 2 is 1.81 bits per heavy atom. The highest BCUT2D eigenvalue weighted by molar-refractivity contribution is 5.20. The van der Waals surface area contributed by atoms with Gasteiger partial charge in [-0.3, -0.25) is 0 Å². The molecule has 0 spiro atoms. The van der Waals surface area contributed by atoms with E-state index in [0.717, 1.165) is 44.8 Å². The molecule has 1 aromatic rings. The molecule has 3 nitrogen and oxygen atoms in total. The first-order chi connectivity index (χ1) is 7.83. The predicted octanol–water partition coefficient (Wildman–Crippen LogP) is 1.74. The van der Waals surface area contributed by atoms with E-state index in [0.29, 0.717) is 0 Å². The van der Waals surface area contributed by atoms with Gasteiger partial charge in [-0.2, -0.15) is 0 Å². The van der Waals surface area contributed by atoms with E-state index in [9.17, 15) is 0 Å². The van der Waals surface area contributed by atoms with Gasteiger partial charge >= 0.3 is 0 Å². The van der Waals surface area contributed by atoms with Gasteiger partial charge < -0.3 is 15.4 Å².